The van der Waals surface area contributed by atoms with Crippen LogP contribution in [0.5, 0.6) is 0 Å². The lowest BCUT2D eigenvalue weighted by atomic mass is 10.1. The van der Waals surface area contributed by atoms with Crippen LogP contribution in [-0.2, 0) is 6.54 Å². The summed E-state index contributed by atoms with van der Waals surface area (Å²) in [4.78, 5) is 31.9. The Bertz CT molecular complexity index is 1130. The SMILES string of the molecule is O=C(NCc1c(F)cc(F)cc1F)c1ccc2c(c1)N(C(=O)c1ccncc1)CCS2. The summed E-state index contributed by atoms with van der Waals surface area (Å²) in [6, 6.07) is 9.25. The Labute approximate surface area is 180 Å². The van der Waals surface area contributed by atoms with Crippen LogP contribution in [0.15, 0.2) is 59.8 Å². The molecule has 0 radical (unpaired) electrons. The third-order valence-corrected chi connectivity index (χ3v) is 5.83. The van der Waals surface area contributed by atoms with Crippen molar-refractivity contribution in [3.63, 3.8) is 0 Å². The van der Waals surface area contributed by atoms with Gasteiger partial charge in [0.15, 0.2) is 0 Å². The van der Waals surface area contributed by atoms with Gasteiger partial charge in [-0.25, -0.2) is 13.2 Å². The first-order valence-electron chi connectivity index (χ1n) is 9.34. The van der Waals surface area contributed by atoms with E-state index < -0.39 is 35.5 Å². The van der Waals surface area contributed by atoms with E-state index in [9.17, 15) is 22.8 Å². The second-order valence-corrected chi connectivity index (χ2v) is 7.89. The predicted molar refractivity (Wildman–Crippen MR) is 111 cm³/mol. The first kappa shape index (κ1) is 20.9. The Morgan fingerprint density at radius 2 is 1.71 bits per heavy atom. The normalized spacial score (nSPS) is 12.9. The van der Waals surface area contributed by atoms with Crippen LogP contribution < -0.4 is 10.2 Å². The number of rotatable bonds is 4. The van der Waals surface area contributed by atoms with Gasteiger partial charge in [0.2, 0.25) is 0 Å². The molecule has 1 N–H and O–H groups in total. The number of nitrogens with zero attached hydrogens (tertiary/aromatic N) is 2. The molecule has 1 aliphatic heterocycles. The highest BCUT2D eigenvalue weighted by molar-refractivity contribution is 7.99. The standard InChI is InChI=1S/C22H16F3N3O2S/c23-15-10-17(24)16(18(25)11-15)12-27-21(29)14-1-2-20-19(9-14)28(7-8-31-20)22(30)13-3-5-26-6-4-13/h1-6,9-11H,7-8,12H2,(H,27,29). The fourth-order valence-corrected chi connectivity index (χ4v) is 4.21. The number of pyridine rings is 1. The lowest BCUT2D eigenvalue weighted by Gasteiger charge is -2.29. The summed E-state index contributed by atoms with van der Waals surface area (Å²) in [6.07, 6.45) is 3.06. The van der Waals surface area contributed by atoms with Gasteiger partial charge in [0.25, 0.3) is 11.8 Å². The average molecular weight is 443 g/mol. The molecule has 2 aromatic carbocycles. The van der Waals surface area contributed by atoms with Crippen LogP contribution >= 0.6 is 11.8 Å². The third kappa shape index (κ3) is 4.41. The number of fused-ring (bicyclic) bond motifs is 1. The number of nitrogens with one attached hydrogen (secondary N) is 1. The van der Waals surface area contributed by atoms with E-state index in [0.717, 1.165) is 4.90 Å². The molecule has 4 rings (SSSR count). The van der Waals surface area contributed by atoms with E-state index >= 15 is 0 Å². The second-order valence-electron chi connectivity index (χ2n) is 6.75. The van der Waals surface area contributed by atoms with Crippen molar-refractivity contribution < 1.29 is 22.8 Å². The Morgan fingerprint density at radius 3 is 2.42 bits per heavy atom. The van der Waals surface area contributed by atoms with E-state index in [-0.39, 0.29) is 11.5 Å². The van der Waals surface area contributed by atoms with E-state index in [1.807, 2.05) is 0 Å². The monoisotopic (exact) mass is 443 g/mol. The zero-order chi connectivity index (χ0) is 22.0. The van der Waals surface area contributed by atoms with Crippen molar-refractivity contribution in [2.45, 2.75) is 11.4 Å². The maximum absolute atomic E-state index is 13.8. The predicted octanol–water partition coefficient (Wildman–Crippen LogP) is 4.18. The fraction of sp³-hybridized carbons (Fsp3) is 0.136. The van der Waals surface area contributed by atoms with Crippen molar-refractivity contribution in [1.82, 2.24) is 10.3 Å². The van der Waals surface area contributed by atoms with Crippen molar-refractivity contribution in [2.24, 2.45) is 0 Å². The molecule has 3 aromatic rings. The molecule has 0 aliphatic carbocycles. The second kappa shape index (κ2) is 8.81. The summed E-state index contributed by atoms with van der Waals surface area (Å²) in [7, 11) is 0. The summed E-state index contributed by atoms with van der Waals surface area (Å²) in [5.74, 6) is -3.26. The Kier molecular flexibility index (Phi) is 5.94. The zero-order valence-corrected chi connectivity index (χ0v) is 16.9. The summed E-state index contributed by atoms with van der Waals surface area (Å²) >= 11 is 1.57. The molecule has 0 fully saturated rings. The van der Waals surface area contributed by atoms with E-state index in [1.165, 1.54) is 12.4 Å². The molecule has 5 nitrogen and oxygen atoms in total. The molecule has 158 valence electrons. The van der Waals surface area contributed by atoms with Gasteiger partial charge in [0, 0.05) is 65.0 Å². The summed E-state index contributed by atoms with van der Waals surface area (Å²) < 4.78 is 40.7. The highest BCUT2D eigenvalue weighted by Crippen LogP contribution is 2.36. The summed E-state index contributed by atoms with van der Waals surface area (Å²) in [5.41, 5.74) is 0.865. The molecule has 0 saturated heterocycles. The van der Waals surface area contributed by atoms with Crippen LogP contribution in [0.2, 0.25) is 0 Å². The quantitative estimate of drug-likeness (QED) is 0.657. The molecule has 0 saturated carbocycles. The Balaban J connectivity index is 1.56. The molecule has 2 heterocycles. The van der Waals surface area contributed by atoms with E-state index in [2.05, 4.69) is 10.3 Å². The largest absolute Gasteiger partial charge is 0.348 e. The van der Waals surface area contributed by atoms with Gasteiger partial charge in [-0.15, -0.1) is 11.8 Å². The van der Waals surface area contributed by atoms with Gasteiger partial charge in [-0.3, -0.25) is 14.6 Å². The van der Waals surface area contributed by atoms with Crippen LogP contribution in [0.1, 0.15) is 26.3 Å². The minimum absolute atomic E-state index is 0.211. The number of benzene rings is 2. The topological polar surface area (TPSA) is 62.3 Å². The van der Waals surface area contributed by atoms with Crippen LogP contribution in [0.3, 0.4) is 0 Å². The van der Waals surface area contributed by atoms with Gasteiger partial charge in [0.05, 0.1) is 5.69 Å². The van der Waals surface area contributed by atoms with Gasteiger partial charge in [-0.1, -0.05) is 0 Å². The summed E-state index contributed by atoms with van der Waals surface area (Å²) in [6.45, 7) is 0.0260. The Hall–Kier alpha value is -3.33. The molecule has 0 bridgehead atoms. The molecule has 1 aliphatic rings. The molecular weight excluding hydrogens is 427 g/mol. The highest BCUT2D eigenvalue weighted by atomic mass is 32.2. The van der Waals surface area contributed by atoms with Gasteiger partial charge in [-0.05, 0) is 30.3 Å². The molecule has 0 unspecified atom stereocenters. The number of halogens is 3. The van der Waals surface area contributed by atoms with Crippen molar-refractivity contribution in [3.8, 4) is 0 Å². The van der Waals surface area contributed by atoms with Crippen LogP contribution in [0.4, 0.5) is 18.9 Å². The number of hydrogen-bond acceptors (Lipinski definition) is 4. The first-order chi connectivity index (χ1) is 14.9. The van der Waals surface area contributed by atoms with Gasteiger partial charge in [-0.2, -0.15) is 0 Å². The van der Waals surface area contributed by atoms with Crippen LogP contribution in [0.25, 0.3) is 0 Å². The van der Waals surface area contributed by atoms with Crippen LogP contribution in [-0.4, -0.2) is 29.1 Å². The Morgan fingerprint density at radius 1 is 1.00 bits per heavy atom. The van der Waals surface area contributed by atoms with Crippen molar-refractivity contribution >= 4 is 29.3 Å². The lowest BCUT2D eigenvalue weighted by molar-refractivity contribution is 0.0947. The van der Waals surface area contributed by atoms with Crippen molar-refractivity contribution in [2.75, 3.05) is 17.2 Å². The minimum atomic E-state index is -1.08. The molecule has 31 heavy (non-hydrogen) atoms. The number of carbonyl (C=O) groups is 2. The van der Waals surface area contributed by atoms with Gasteiger partial charge < -0.3 is 10.2 Å². The molecule has 9 heteroatoms. The molecular formula is C22H16F3N3O2S. The number of carbonyl (C=O) groups excluding carboxylic acids is 2. The molecule has 1 aromatic heterocycles. The molecule has 0 atom stereocenters. The highest BCUT2D eigenvalue weighted by Gasteiger charge is 2.25. The minimum Gasteiger partial charge on any atom is -0.348 e. The number of hydrogen-bond donors (Lipinski definition) is 1. The van der Waals surface area contributed by atoms with Crippen LogP contribution in [0, 0.1) is 17.5 Å². The van der Waals surface area contributed by atoms with E-state index in [4.69, 9.17) is 0 Å². The number of amides is 2. The maximum atomic E-state index is 13.8. The van der Waals surface area contributed by atoms with Gasteiger partial charge >= 0.3 is 0 Å². The first-order valence-corrected chi connectivity index (χ1v) is 10.3. The average Bonchev–Trinajstić information content (AvgIpc) is 2.77. The number of anilines is 1. The number of thioether (sulfide) groups is 1. The maximum Gasteiger partial charge on any atom is 0.258 e. The van der Waals surface area contributed by atoms with E-state index in [0.29, 0.717) is 35.7 Å². The van der Waals surface area contributed by atoms with Gasteiger partial charge in [0.1, 0.15) is 17.5 Å². The number of aromatic nitrogens is 1. The smallest absolute Gasteiger partial charge is 0.258 e. The van der Waals surface area contributed by atoms with E-state index in [1.54, 1.807) is 47.0 Å². The molecule has 2 amide bonds. The van der Waals surface area contributed by atoms with Crippen molar-refractivity contribution in [1.29, 1.82) is 0 Å². The third-order valence-electron chi connectivity index (χ3n) is 4.79. The molecule has 0 spiro atoms. The summed E-state index contributed by atoms with van der Waals surface area (Å²) in [5, 5.41) is 2.44. The lowest BCUT2D eigenvalue weighted by Crippen LogP contribution is -2.35. The van der Waals surface area contributed by atoms with Crippen molar-refractivity contribution in [3.05, 3.63) is 89.0 Å². The zero-order valence-electron chi connectivity index (χ0n) is 16.1. The fourth-order valence-electron chi connectivity index (χ4n) is 3.23.